The highest BCUT2D eigenvalue weighted by molar-refractivity contribution is 7.08. The molecule has 0 N–H and O–H groups in total. The second-order valence-corrected chi connectivity index (χ2v) is 7.59. The van der Waals surface area contributed by atoms with Crippen LogP contribution < -0.4 is 0 Å². The number of rotatable bonds is 5. The van der Waals surface area contributed by atoms with Crippen LogP contribution in [0.2, 0.25) is 0 Å². The van der Waals surface area contributed by atoms with Crippen LogP contribution in [0.25, 0.3) is 11.5 Å². The molecule has 1 saturated heterocycles. The van der Waals surface area contributed by atoms with Crippen LogP contribution in [0.5, 0.6) is 0 Å². The standard InChI is InChI=1S/C20H20FN3O2S/c21-17-4-2-15(3-5-17)19-22-18(23-26-19)6-1-14-7-10-24(11-8-14)20(25)16-9-12-27-13-16/h2-5,9,12-14H,1,6-8,10-11H2. The van der Waals surface area contributed by atoms with E-state index in [1.807, 2.05) is 21.7 Å². The second kappa shape index (κ2) is 8.00. The summed E-state index contributed by atoms with van der Waals surface area (Å²) in [6.45, 7) is 1.60. The molecule has 0 aliphatic carbocycles. The molecule has 1 aliphatic rings. The molecule has 3 heterocycles. The average molecular weight is 385 g/mol. The third-order valence-corrected chi connectivity index (χ3v) is 5.69. The predicted molar refractivity (Wildman–Crippen MR) is 101 cm³/mol. The van der Waals surface area contributed by atoms with E-state index in [2.05, 4.69) is 10.1 Å². The number of thiophene rings is 1. The van der Waals surface area contributed by atoms with Gasteiger partial charge in [-0.1, -0.05) is 5.16 Å². The van der Waals surface area contributed by atoms with Crippen LogP contribution in [-0.2, 0) is 6.42 Å². The number of aromatic nitrogens is 2. The Labute approximate surface area is 160 Å². The van der Waals surface area contributed by atoms with Crippen molar-refractivity contribution in [1.82, 2.24) is 15.0 Å². The number of hydrogen-bond acceptors (Lipinski definition) is 5. The van der Waals surface area contributed by atoms with Crippen molar-refractivity contribution in [3.05, 3.63) is 58.3 Å². The van der Waals surface area contributed by atoms with E-state index >= 15 is 0 Å². The Bertz CT molecular complexity index is 884. The lowest BCUT2D eigenvalue weighted by molar-refractivity contribution is 0.0687. The van der Waals surface area contributed by atoms with E-state index in [1.165, 1.54) is 12.1 Å². The molecule has 7 heteroatoms. The van der Waals surface area contributed by atoms with Crippen molar-refractivity contribution >= 4 is 17.2 Å². The molecule has 0 unspecified atom stereocenters. The van der Waals surface area contributed by atoms with Gasteiger partial charge in [-0.3, -0.25) is 4.79 Å². The molecule has 4 rings (SSSR count). The van der Waals surface area contributed by atoms with Gasteiger partial charge in [0, 0.05) is 30.5 Å². The number of aryl methyl sites for hydroxylation is 1. The fraction of sp³-hybridized carbons (Fsp3) is 0.350. The molecular formula is C20H20FN3O2S. The highest BCUT2D eigenvalue weighted by atomic mass is 32.1. The van der Waals surface area contributed by atoms with Crippen LogP contribution in [0.15, 0.2) is 45.6 Å². The van der Waals surface area contributed by atoms with Gasteiger partial charge in [-0.05, 0) is 60.9 Å². The van der Waals surface area contributed by atoms with E-state index < -0.39 is 0 Å². The summed E-state index contributed by atoms with van der Waals surface area (Å²) in [5.74, 6) is 1.50. The number of hydrogen-bond donors (Lipinski definition) is 0. The van der Waals surface area contributed by atoms with Crippen LogP contribution in [0, 0.1) is 11.7 Å². The molecular weight excluding hydrogens is 365 g/mol. The molecule has 140 valence electrons. The number of halogens is 1. The van der Waals surface area contributed by atoms with Crippen LogP contribution >= 0.6 is 11.3 Å². The monoisotopic (exact) mass is 385 g/mol. The van der Waals surface area contributed by atoms with E-state index in [4.69, 9.17) is 4.52 Å². The quantitative estimate of drug-likeness (QED) is 0.652. The zero-order chi connectivity index (χ0) is 18.6. The summed E-state index contributed by atoms with van der Waals surface area (Å²) >= 11 is 1.55. The topological polar surface area (TPSA) is 59.2 Å². The number of nitrogens with zero attached hydrogens (tertiary/aromatic N) is 3. The van der Waals surface area contributed by atoms with E-state index in [-0.39, 0.29) is 11.7 Å². The SMILES string of the molecule is O=C(c1ccsc1)N1CCC(CCc2noc(-c3ccc(F)cc3)n2)CC1. The average Bonchev–Trinajstić information content (AvgIpc) is 3.39. The van der Waals surface area contributed by atoms with Gasteiger partial charge in [-0.25, -0.2) is 4.39 Å². The van der Waals surface area contributed by atoms with Crippen molar-refractivity contribution in [3.8, 4) is 11.5 Å². The maximum Gasteiger partial charge on any atom is 0.257 e. The first kappa shape index (κ1) is 17.9. The number of benzene rings is 1. The highest BCUT2D eigenvalue weighted by Crippen LogP contribution is 2.24. The third kappa shape index (κ3) is 4.24. The summed E-state index contributed by atoms with van der Waals surface area (Å²) in [4.78, 5) is 18.7. The van der Waals surface area contributed by atoms with Gasteiger partial charge in [0.2, 0.25) is 0 Å². The predicted octanol–water partition coefficient (Wildman–Crippen LogP) is 4.42. The van der Waals surface area contributed by atoms with Crippen molar-refractivity contribution < 1.29 is 13.7 Å². The lowest BCUT2D eigenvalue weighted by atomic mass is 9.92. The van der Waals surface area contributed by atoms with Crippen LogP contribution in [0.4, 0.5) is 4.39 Å². The summed E-state index contributed by atoms with van der Waals surface area (Å²) in [7, 11) is 0. The molecule has 0 spiro atoms. The second-order valence-electron chi connectivity index (χ2n) is 6.81. The Morgan fingerprint density at radius 2 is 2.00 bits per heavy atom. The first-order chi connectivity index (χ1) is 13.2. The fourth-order valence-corrected chi connectivity index (χ4v) is 4.02. The first-order valence-corrected chi connectivity index (χ1v) is 10.0. The van der Waals surface area contributed by atoms with E-state index in [1.54, 1.807) is 23.5 Å². The van der Waals surface area contributed by atoms with Gasteiger partial charge in [-0.15, -0.1) is 0 Å². The molecule has 1 amide bonds. The van der Waals surface area contributed by atoms with Gasteiger partial charge in [0.25, 0.3) is 11.8 Å². The first-order valence-electron chi connectivity index (χ1n) is 9.09. The van der Waals surface area contributed by atoms with Gasteiger partial charge in [-0.2, -0.15) is 16.3 Å². The van der Waals surface area contributed by atoms with Gasteiger partial charge >= 0.3 is 0 Å². The summed E-state index contributed by atoms with van der Waals surface area (Å²) in [6.07, 6.45) is 3.72. The molecule has 27 heavy (non-hydrogen) atoms. The van der Waals surface area contributed by atoms with Crippen LogP contribution in [0.3, 0.4) is 0 Å². The van der Waals surface area contributed by atoms with Crippen molar-refractivity contribution in [2.24, 2.45) is 5.92 Å². The Morgan fingerprint density at radius 3 is 2.70 bits per heavy atom. The third-order valence-electron chi connectivity index (χ3n) is 5.01. The van der Waals surface area contributed by atoms with Crippen molar-refractivity contribution in [2.75, 3.05) is 13.1 Å². The number of likely N-dealkylation sites (tertiary alicyclic amines) is 1. The van der Waals surface area contributed by atoms with Gasteiger partial charge in [0.1, 0.15) is 5.82 Å². The normalized spacial score (nSPS) is 15.2. The lowest BCUT2D eigenvalue weighted by Crippen LogP contribution is -2.38. The Morgan fingerprint density at radius 1 is 1.22 bits per heavy atom. The van der Waals surface area contributed by atoms with E-state index in [0.29, 0.717) is 17.6 Å². The lowest BCUT2D eigenvalue weighted by Gasteiger charge is -2.31. The summed E-state index contributed by atoms with van der Waals surface area (Å²) in [5, 5.41) is 7.87. The minimum Gasteiger partial charge on any atom is -0.339 e. The molecule has 1 aliphatic heterocycles. The maximum absolute atomic E-state index is 13.0. The molecule has 0 atom stereocenters. The molecule has 2 aromatic heterocycles. The minimum atomic E-state index is -0.290. The van der Waals surface area contributed by atoms with Crippen LogP contribution in [-0.4, -0.2) is 34.0 Å². The highest BCUT2D eigenvalue weighted by Gasteiger charge is 2.24. The zero-order valence-electron chi connectivity index (χ0n) is 14.8. The molecule has 3 aromatic rings. The van der Waals surface area contributed by atoms with Crippen LogP contribution in [0.1, 0.15) is 35.4 Å². The Balaban J connectivity index is 1.27. The van der Waals surface area contributed by atoms with E-state index in [0.717, 1.165) is 49.9 Å². The largest absolute Gasteiger partial charge is 0.339 e. The summed E-state index contributed by atoms with van der Waals surface area (Å²) in [5.41, 5.74) is 1.51. The van der Waals surface area contributed by atoms with Gasteiger partial charge < -0.3 is 9.42 Å². The van der Waals surface area contributed by atoms with E-state index in [9.17, 15) is 9.18 Å². The Kier molecular flexibility index (Phi) is 5.29. The number of amides is 1. The molecule has 1 fully saturated rings. The van der Waals surface area contributed by atoms with Crippen molar-refractivity contribution in [3.63, 3.8) is 0 Å². The van der Waals surface area contributed by atoms with Crippen molar-refractivity contribution in [1.29, 1.82) is 0 Å². The molecule has 5 nitrogen and oxygen atoms in total. The number of piperidine rings is 1. The summed E-state index contributed by atoms with van der Waals surface area (Å²) < 4.78 is 18.3. The molecule has 0 bridgehead atoms. The molecule has 0 saturated carbocycles. The smallest absolute Gasteiger partial charge is 0.257 e. The minimum absolute atomic E-state index is 0.136. The number of carbonyl (C=O) groups is 1. The maximum atomic E-state index is 13.0. The molecule has 1 aromatic carbocycles. The van der Waals surface area contributed by atoms with Gasteiger partial charge in [0.15, 0.2) is 5.82 Å². The Hall–Kier alpha value is -2.54. The summed E-state index contributed by atoms with van der Waals surface area (Å²) in [6, 6.07) is 7.91. The number of carbonyl (C=O) groups excluding carboxylic acids is 1. The fourth-order valence-electron chi connectivity index (χ4n) is 3.39. The van der Waals surface area contributed by atoms with Crippen molar-refractivity contribution in [2.45, 2.75) is 25.7 Å². The molecule has 0 radical (unpaired) electrons. The zero-order valence-corrected chi connectivity index (χ0v) is 15.6. The van der Waals surface area contributed by atoms with Gasteiger partial charge in [0.05, 0.1) is 5.56 Å².